The monoisotopic (exact) mass is 295 g/mol. The maximum absolute atomic E-state index is 13.5. The van der Waals surface area contributed by atoms with Gasteiger partial charge in [-0.3, -0.25) is 0 Å². The maximum Gasteiger partial charge on any atom is 0.147 e. The van der Waals surface area contributed by atoms with Gasteiger partial charge in [0.15, 0.2) is 0 Å². The number of phenols is 1. The highest BCUT2D eigenvalue weighted by atomic mass is 79.9. The second kappa shape index (κ2) is 5.19. The summed E-state index contributed by atoms with van der Waals surface area (Å²) in [5, 5.41) is 12.3. The van der Waals surface area contributed by atoms with E-state index in [4.69, 9.17) is 0 Å². The van der Waals surface area contributed by atoms with Crippen molar-refractivity contribution in [2.45, 2.75) is 6.54 Å². The molecule has 0 atom stereocenters. The SMILES string of the molecule is Oc1cccc(CNc2c(F)cccc2Br)c1. The molecule has 0 radical (unpaired) electrons. The van der Waals surface area contributed by atoms with E-state index in [1.54, 1.807) is 30.3 Å². The van der Waals surface area contributed by atoms with Crippen molar-refractivity contribution in [3.05, 3.63) is 58.3 Å². The topological polar surface area (TPSA) is 32.3 Å². The predicted molar refractivity (Wildman–Crippen MR) is 69.5 cm³/mol. The van der Waals surface area contributed by atoms with Gasteiger partial charge in [-0.2, -0.15) is 0 Å². The fourth-order valence-corrected chi connectivity index (χ4v) is 2.01. The van der Waals surface area contributed by atoms with Crippen LogP contribution in [0.2, 0.25) is 0 Å². The number of benzene rings is 2. The average Bonchev–Trinajstić information content (AvgIpc) is 2.28. The lowest BCUT2D eigenvalue weighted by Gasteiger charge is -2.09. The van der Waals surface area contributed by atoms with Crippen LogP contribution in [0.3, 0.4) is 0 Å². The molecule has 2 rings (SSSR count). The molecule has 2 nitrogen and oxygen atoms in total. The van der Waals surface area contributed by atoms with Gasteiger partial charge >= 0.3 is 0 Å². The Hall–Kier alpha value is -1.55. The molecule has 0 unspecified atom stereocenters. The van der Waals surface area contributed by atoms with Gasteiger partial charge in [0, 0.05) is 11.0 Å². The summed E-state index contributed by atoms with van der Waals surface area (Å²) in [4.78, 5) is 0. The average molecular weight is 296 g/mol. The third-order valence-corrected chi connectivity index (χ3v) is 3.00. The van der Waals surface area contributed by atoms with Crippen molar-refractivity contribution in [2.75, 3.05) is 5.32 Å². The molecule has 2 N–H and O–H groups in total. The number of hydrogen-bond acceptors (Lipinski definition) is 2. The molecule has 0 spiro atoms. The van der Waals surface area contributed by atoms with E-state index in [0.717, 1.165) is 5.56 Å². The quantitative estimate of drug-likeness (QED) is 0.900. The fraction of sp³-hybridized carbons (Fsp3) is 0.0769. The van der Waals surface area contributed by atoms with E-state index >= 15 is 0 Å². The molecule has 17 heavy (non-hydrogen) atoms. The smallest absolute Gasteiger partial charge is 0.147 e. The zero-order chi connectivity index (χ0) is 12.3. The Morgan fingerprint density at radius 1 is 1.18 bits per heavy atom. The molecule has 0 aliphatic heterocycles. The molecule has 0 fully saturated rings. The third-order valence-electron chi connectivity index (χ3n) is 2.34. The first-order valence-corrected chi connectivity index (χ1v) is 5.92. The van der Waals surface area contributed by atoms with E-state index in [-0.39, 0.29) is 11.6 Å². The number of nitrogens with one attached hydrogen (secondary N) is 1. The van der Waals surface area contributed by atoms with Crippen molar-refractivity contribution in [1.29, 1.82) is 0 Å². The van der Waals surface area contributed by atoms with Crippen LogP contribution in [0.4, 0.5) is 10.1 Å². The number of halogens is 2. The second-order valence-corrected chi connectivity index (χ2v) is 4.47. The van der Waals surface area contributed by atoms with Crippen molar-refractivity contribution in [1.82, 2.24) is 0 Å². The van der Waals surface area contributed by atoms with Gasteiger partial charge in [-0.25, -0.2) is 4.39 Å². The molecule has 2 aromatic rings. The van der Waals surface area contributed by atoms with Crippen LogP contribution in [0.5, 0.6) is 5.75 Å². The number of aromatic hydroxyl groups is 1. The molecule has 0 heterocycles. The molecule has 0 aliphatic rings. The number of para-hydroxylation sites is 1. The zero-order valence-electron chi connectivity index (χ0n) is 8.95. The van der Waals surface area contributed by atoms with Gasteiger partial charge in [-0.05, 0) is 45.8 Å². The molecule has 0 saturated heterocycles. The van der Waals surface area contributed by atoms with Gasteiger partial charge in [-0.1, -0.05) is 18.2 Å². The van der Waals surface area contributed by atoms with E-state index in [9.17, 15) is 9.50 Å². The molecule has 2 aromatic carbocycles. The van der Waals surface area contributed by atoms with E-state index in [0.29, 0.717) is 16.7 Å². The lowest BCUT2D eigenvalue weighted by molar-refractivity contribution is 0.474. The second-order valence-electron chi connectivity index (χ2n) is 3.62. The van der Waals surface area contributed by atoms with Crippen molar-refractivity contribution < 1.29 is 9.50 Å². The lowest BCUT2D eigenvalue weighted by Crippen LogP contribution is -2.02. The summed E-state index contributed by atoms with van der Waals surface area (Å²) in [5.41, 5.74) is 1.32. The molecule has 0 saturated carbocycles. The van der Waals surface area contributed by atoms with Gasteiger partial charge in [-0.15, -0.1) is 0 Å². The van der Waals surface area contributed by atoms with E-state index in [2.05, 4.69) is 21.2 Å². The Kier molecular flexibility index (Phi) is 3.64. The highest BCUT2D eigenvalue weighted by Gasteiger charge is 2.05. The fourth-order valence-electron chi connectivity index (χ4n) is 1.52. The van der Waals surface area contributed by atoms with Gasteiger partial charge < -0.3 is 10.4 Å². The van der Waals surface area contributed by atoms with Crippen LogP contribution in [0, 0.1) is 5.82 Å². The highest BCUT2D eigenvalue weighted by molar-refractivity contribution is 9.10. The number of hydrogen-bond donors (Lipinski definition) is 2. The Morgan fingerprint density at radius 2 is 1.94 bits per heavy atom. The normalized spacial score (nSPS) is 10.2. The molecule has 4 heteroatoms. The van der Waals surface area contributed by atoms with Crippen LogP contribution in [-0.4, -0.2) is 5.11 Å². The van der Waals surface area contributed by atoms with Crippen molar-refractivity contribution >= 4 is 21.6 Å². The molecule has 0 aliphatic carbocycles. The van der Waals surface area contributed by atoms with Crippen LogP contribution in [0.25, 0.3) is 0 Å². The number of anilines is 1. The Labute approximate surface area is 107 Å². The van der Waals surface area contributed by atoms with Crippen molar-refractivity contribution in [3.63, 3.8) is 0 Å². The van der Waals surface area contributed by atoms with E-state index in [1.807, 2.05) is 6.07 Å². The summed E-state index contributed by atoms with van der Waals surface area (Å²) in [6, 6.07) is 11.7. The maximum atomic E-state index is 13.5. The summed E-state index contributed by atoms with van der Waals surface area (Å²) in [6.07, 6.45) is 0. The minimum Gasteiger partial charge on any atom is -0.508 e. The molecular weight excluding hydrogens is 285 g/mol. The molecule has 0 aromatic heterocycles. The largest absolute Gasteiger partial charge is 0.508 e. The van der Waals surface area contributed by atoms with E-state index < -0.39 is 0 Å². The minimum atomic E-state index is -0.306. The first kappa shape index (κ1) is 11.9. The number of rotatable bonds is 3. The molecule has 88 valence electrons. The summed E-state index contributed by atoms with van der Waals surface area (Å²) < 4.78 is 14.2. The minimum absolute atomic E-state index is 0.205. The summed E-state index contributed by atoms with van der Waals surface area (Å²) in [5.74, 6) is -0.101. The Balaban J connectivity index is 2.13. The lowest BCUT2D eigenvalue weighted by atomic mass is 10.2. The molecule has 0 bridgehead atoms. The summed E-state index contributed by atoms with van der Waals surface area (Å²) >= 11 is 3.28. The van der Waals surface area contributed by atoms with Gasteiger partial charge in [0.1, 0.15) is 11.6 Å². The van der Waals surface area contributed by atoms with Crippen LogP contribution in [-0.2, 0) is 6.54 Å². The standard InChI is InChI=1S/C13H11BrFNO/c14-11-5-2-6-12(15)13(11)16-8-9-3-1-4-10(17)7-9/h1-7,16-17H,8H2. The molecular formula is C13H11BrFNO. The first-order chi connectivity index (χ1) is 8.16. The molecule has 0 amide bonds. The zero-order valence-corrected chi connectivity index (χ0v) is 10.5. The number of phenolic OH excluding ortho intramolecular Hbond substituents is 1. The van der Waals surface area contributed by atoms with Crippen molar-refractivity contribution in [2.24, 2.45) is 0 Å². The van der Waals surface area contributed by atoms with Crippen LogP contribution in [0.1, 0.15) is 5.56 Å². The van der Waals surface area contributed by atoms with Crippen LogP contribution >= 0.6 is 15.9 Å². The van der Waals surface area contributed by atoms with E-state index in [1.165, 1.54) is 6.07 Å². The van der Waals surface area contributed by atoms with Crippen molar-refractivity contribution in [3.8, 4) is 5.75 Å². The Bertz CT molecular complexity index is 510. The third kappa shape index (κ3) is 2.97. The summed E-state index contributed by atoms with van der Waals surface area (Å²) in [7, 11) is 0. The van der Waals surface area contributed by atoms with Gasteiger partial charge in [0.05, 0.1) is 5.69 Å². The van der Waals surface area contributed by atoms with Gasteiger partial charge in [0.25, 0.3) is 0 Å². The first-order valence-electron chi connectivity index (χ1n) is 5.12. The highest BCUT2D eigenvalue weighted by Crippen LogP contribution is 2.25. The van der Waals surface area contributed by atoms with Gasteiger partial charge in [0.2, 0.25) is 0 Å². The van der Waals surface area contributed by atoms with Crippen LogP contribution in [0.15, 0.2) is 46.9 Å². The predicted octanol–water partition coefficient (Wildman–Crippen LogP) is 3.91. The van der Waals surface area contributed by atoms with Crippen LogP contribution < -0.4 is 5.32 Å². The summed E-state index contributed by atoms with van der Waals surface area (Å²) in [6.45, 7) is 0.452. The Morgan fingerprint density at radius 3 is 2.65 bits per heavy atom.